The molecule has 1 N–H and O–H groups in total. The molecule has 3 nitrogen and oxygen atoms in total. The van der Waals surface area contributed by atoms with Gasteiger partial charge in [-0.2, -0.15) is 18.3 Å². The van der Waals surface area contributed by atoms with Crippen molar-refractivity contribution >= 4 is 12.1 Å². The largest absolute Gasteiger partial charge is 0.416 e. The number of amides is 1. The van der Waals surface area contributed by atoms with Crippen LogP contribution in [-0.4, -0.2) is 12.1 Å². The number of rotatable bonds is 3. The first-order valence-corrected chi connectivity index (χ1v) is 7.68. The van der Waals surface area contributed by atoms with Gasteiger partial charge in [-0.05, 0) is 40.8 Å². The van der Waals surface area contributed by atoms with Gasteiger partial charge >= 0.3 is 6.18 Å². The molecule has 25 heavy (non-hydrogen) atoms. The Balaban J connectivity index is 2.03. The second kappa shape index (κ2) is 7.09. The Kier molecular flexibility index (Phi) is 5.30. The minimum Gasteiger partial charge on any atom is -0.267 e. The number of benzene rings is 2. The highest BCUT2D eigenvalue weighted by atomic mass is 19.4. The van der Waals surface area contributed by atoms with Crippen LogP contribution in [-0.2, 0) is 11.6 Å². The van der Waals surface area contributed by atoms with E-state index in [9.17, 15) is 18.0 Å². The SMILES string of the molecule is CC(C)(C)c1ccc(C(=O)NN=Cc2cccc(C(F)(F)F)c2)cc1. The number of nitrogens with one attached hydrogen (secondary N) is 1. The lowest BCUT2D eigenvalue weighted by atomic mass is 9.87. The Morgan fingerprint density at radius 1 is 1.00 bits per heavy atom. The molecule has 2 rings (SSSR count). The number of hydrogen-bond acceptors (Lipinski definition) is 2. The highest BCUT2D eigenvalue weighted by molar-refractivity contribution is 5.94. The molecule has 0 fully saturated rings. The van der Waals surface area contributed by atoms with Gasteiger partial charge in [0.15, 0.2) is 0 Å². The molecular weight excluding hydrogens is 329 g/mol. The van der Waals surface area contributed by atoms with Crippen LogP contribution in [0.1, 0.15) is 47.8 Å². The summed E-state index contributed by atoms with van der Waals surface area (Å²) in [5, 5.41) is 3.72. The van der Waals surface area contributed by atoms with Gasteiger partial charge in [0, 0.05) is 5.56 Å². The van der Waals surface area contributed by atoms with Crippen molar-refractivity contribution in [3.8, 4) is 0 Å². The fourth-order valence-electron chi connectivity index (χ4n) is 2.15. The molecule has 132 valence electrons. The Morgan fingerprint density at radius 2 is 1.64 bits per heavy atom. The molecule has 0 aliphatic heterocycles. The molecule has 0 radical (unpaired) electrons. The van der Waals surface area contributed by atoms with Gasteiger partial charge in [-0.15, -0.1) is 0 Å². The fourth-order valence-corrected chi connectivity index (χ4v) is 2.15. The van der Waals surface area contributed by atoms with Crippen molar-refractivity contribution in [2.24, 2.45) is 5.10 Å². The summed E-state index contributed by atoms with van der Waals surface area (Å²) in [6.45, 7) is 6.21. The Labute approximate surface area is 144 Å². The average Bonchev–Trinajstić information content (AvgIpc) is 2.53. The smallest absolute Gasteiger partial charge is 0.267 e. The summed E-state index contributed by atoms with van der Waals surface area (Å²) >= 11 is 0. The number of hydrogen-bond donors (Lipinski definition) is 1. The van der Waals surface area contributed by atoms with Crippen molar-refractivity contribution in [3.05, 3.63) is 70.8 Å². The summed E-state index contributed by atoms with van der Waals surface area (Å²) in [6, 6.07) is 11.8. The molecule has 0 atom stereocenters. The van der Waals surface area contributed by atoms with Crippen LogP contribution in [0.4, 0.5) is 13.2 Å². The van der Waals surface area contributed by atoms with Crippen molar-refractivity contribution < 1.29 is 18.0 Å². The van der Waals surface area contributed by atoms with E-state index >= 15 is 0 Å². The maximum atomic E-state index is 12.6. The van der Waals surface area contributed by atoms with Gasteiger partial charge in [-0.25, -0.2) is 5.43 Å². The molecule has 0 spiro atoms. The van der Waals surface area contributed by atoms with E-state index < -0.39 is 17.6 Å². The van der Waals surface area contributed by atoms with E-state index in [0.717, 1.165) is 17.7 Å². The van der Waals surface area contributed by atoms with Gasteiger partial charge in [0.2, 0.25) is 0 Å². The maximum Gasteiger partial charge on any atom is 0.416 e. The zero-order chi connectivity index (χ0) is 18.7. The summed E-state index contributed by atoms with van der Waals surface area (Å²) in [4.78, 5) is 12.0. The van der Waals surface area contributed by atoms with Gasteiger partial charge in [0.1, 0.15) is 0 Å². The molecule has 0 saturated heterocycles. The van der Waals surface area contributed by atoms with Gasteiger partial charge in [-0.1, -0.05) is 45.0 Å². The summed E-state index contributed by atoms with van der Waals surface area (Å²) in [5.74, 6) is -0.427. The number of hydrazone groups is 1. The minimum absolute atomic E-state index is 0.0172. The van der Waals surface area contributed by atoms with Crippen molar-refractivity contribution in [1.29, 1.82) is 0 Å². The average molecular weight is 348 g/mol. The van der Waals surface area contributed by atoms with Crippen LogP contribution in [0.2, 0.25) is 0 Å². The topological polar surface area (TPSA) is 41.5 Å². The van der Waals surface area contributed by atoms with E-state index in [1.54, 1.807) is 12.1 Å². The number of carbonyl (C=O) groups excluding carboxylic acids is 1. The van der Waals surface area contributed by atoms with Crippen LogP contribution in [0.15, 0.2) is 53.6 Å². The van der Waals surface area contributed by atoms with Crippen molar-refractivity contribution in [1.82, 2.24) is 5.43 Å². The molecule has 2 aromatic carbocycles. The quantitative estimate of drug-likeness (QED) is 0.630. The predicted molar refractivity (Wildman–Crippen MR) is 91.6 cm³/mol. The van der Waals surface area contributed by atoms with Gasteiger partial charge < -0.3 is 0 Å². The summed E-state index contributed by atoms with van der Waals surface area (Å²) < 4.78 is 37.9. The van der Waals surface area contributed by atoms with E-state index in [4.69, 9.17) is 0 Å². The van der Waals surface area contributed by atoms with Gasteiger partial charge in [0.05, 0.1) is 11.8 Å². The number of alkyl halides is 3. The third kappa shape index (κ3) is 5.17. The second-order valence-electron chi connectivity index (χ2n) is 6.65. The number of nitrogens with zero attached hydrogens (tertiary/aromatic N) is 1. The summed E-state index contributed by atoms with van der Waals surface area (Å²) in [7, 11) is 0. The predicted octanol–water partition coefficient (Wildman–Crippen LogP) is 4.77. The number of carbonyl (C=O) groups is 1. The van der Waals surface area contributed by atoms with Gasteiger partial charge in [-0.3, -0.25) is 4.79 Å². The molecule has 2 aromatic rings. The Bertz CT molecular complexity index is 772. The Hall–Kier alpha value is -2.63. The summed E-state index contributed by atoms with van der Waals surface area (Å²) in [5.41, 5.74) is 3.30. The molecule has 0 heterocycles. The third-order valence-electron chi connectivity index (χ3n) is 3.61. The van der Waals surface area contributed by atoms with Gasteiger partial charge in [0.25, 0.3) is 5.91 Å². The van der Waals surface area contributed by atoms with E-state index in [1.165, 1.54) is 18.3 Å². The molecule has 0 aliphatic carbocycles. The van der Waals surface area contributed by atoms with Crippen LogP contribution in [0, 0.1) is 0 Å². The lowest BCUT2D eigenvalue weighted by Crippen LogP contribution is -2.18. The first-order chi connectivity index (χ1) is 11.6. The monoisotopic (exact) mass is 348 g/mol. The van der Waals surface area contributed by atoms with E-state index in [-0.39, 0.29) is 11.0 Å². The van der Waals surface area contributed by atoms with Crippen LogP contribution >= 0.6 is 0 Å². The van der Waals surface area contributed by atoms with Crippen molar-refractivity contribution in [2.45, 2.75) is 32.4 Å². The van der Waals surface area contributed by atoms with E-state index in [2.05, 4.69) is 31.3 Å². The van der Waals surface area contributed by atoms with E-state index in [1.807, 2.05) is 12.1 Å². The molecule has 0 aromatic heterocycles. The maximum absolute atomic E-state index is 12.6. The molecular formula is C19H19F3N2O. The molecule has 0 bridgehead atoms. The van der Waals surface area contributed by atoms with Crippen LogP contribution in [0.5, 0.6) is 0 Å². The first-order valence-electron chi connectivity index (χ1n) is 7.68. The molecule has 6 heteroatoms. The van der Waals surface area contributed by atoms with Crippen LogP contribution < -0.4 is 5.43 Å². The lowest BCUT2D eigenvalue weighted by molar-refractivity contribution is -0.137. The standard InChI is InChI=1S/C19H19F3N2O/c1-18(2,3)15-9-7-14(8-10-15)17(25)24-23-12-13-5-4-6-16(11-13)19(20,21)22/h4-12H,1-3H3,(H,24,25). The Morgan fingerprint density at radius 3 is 2.20 bits per heavy atom. The normalized spacial score (nSPS) is 12.4. The van der Waals surface area contributed by atoms with E-state index in [0.29, 0.717) is 5.56 Å². The molecule has 0 saturated carbocycles. The third-order valence-corrected chi connectivity index (χ3v) is 3.61. The zero-order valence-electron chi connectivity index (χ0n) is 14.2. The van der Waals surface area contributed by atoms with Crippen molar-refractivity contribution in [2.75, 3.05) is 0 Å². The highest BCUT2D eigenvalue weighted by Crippen LogP contribution is 2.29. The number of halogens is 3. The summed E-state index contributed by atoms with van der Waals surface area (Å²) in [6.07, 6.45) is -3.24. The van der Waals surface area contributed by atoms with Crippen LogP contribution in [0.25, 0.3) is 0 Å². The van der Waals surface area contributed by atoms with Crippen LogP contribution in [0.3, 0.4) is 0 Å². The zero-order valence-corrected chi connectivity index (χ0v) is 14.2. The molecule has 1 amide bonds. The van der Waals surface area contributed by atoms with Crippen molar-refractivity contribution in [3.63, 3.8) is 0 Å². The second-order valence-corrected chi connectivity index (χ2v) is 6.65. The lowest BCUT2D eigenvalue weighted by Gasteiger charge is -2.18. The molecule has 0 unspecified atom stereocenters. The first kappa shape index (κ1) is 18.7. The fraction of sp³-hybridized carbons (Fsp3) is 0.263. The highest BCUT2D eigenvalue weighted by Gasteiger charge is 2.30. The molecule has 0 aliphatic rings. The minimum atomic E-state index is -4.41.